The third-order valence-electron chi connectivity index (χ3n) is 6.46. The first-order chi connectivity index (χ1) is 15.6. The van der Waals surface area contributed by atoms with E-state index >= 15 is 0 Å². The molecule has 0 bridgehead atoms. The molecule has 2 aromatic carbocycles. The monoisotopic (exact) mass is 474 g/mol. The number of para-hydroxylation sites is 2. The Labute approximate surface area is 194 Å². The van der Waals surface area contributed by atoms with Crippen molar-refractivity contribution in [2.45, 2.75) is 55.8 Å². The lowest BCUT2D eigenvalue weighted by Gasteiger charge is -2.47. The standard InChI is InChI=1S/C24H30N2O6S/c1-24(2)23(28)22(26-14-8-7-11-21(26)27)17-15-16(12-13-19(17)32-24)33(29,30)25(3)18-9-5-6-10-20(18)31-4/h5-6,9-10,12-13,15,22-23,28H,7-8,11,14H2,1-4H3. The fourth-order valence-electron chi connectivity index (χ4n) is 4.54. The predicted octanol–water partition coefficient (Wildman–Crippen LogP) is 3.11. The molecular formula is C24H30N2O6S. The summed E-state index contributed by atoms with van der Waals surface area (Å²) < 4.78 is 39.6. The van der Waals surface area contributed by atoms with E-state index in [1.165, 1.54) is 30.6 Å². The first-order valence-electron chi connectivity index (χ1n) is 11.0. The Morgan fingerprint density at radius 3 is 2.61 bits per heavy atom. The minimum Gasteiger partial charge on any atom is -0.495 e. The van der Waals surface area contributed by atoms with E-state index in [9.17, 15) is 18.3 Å². The van der Waals surface area contributed by atoms with E-state index in [0.29, 0.717) is 35.7 Å². The number of ether oxygens (including phenoxy) is 2. The quantitative estimate of drug-likeness (QED) is 0.715. The first-order valence-corrected chi connectivity index (χ1v) is 12.4. The van der Waals surface area contributed by atoms with Gasteiger partial charge in [0.15, 0.2) is 0 Å². The summed E-state index contributed by atoms with van der Waals surface area (Å²) in [6, 6.07) is 10.8. The van der Waals surface area contributed by atoms with Crippen LogP contribution in [0.5, 0.6) is 11.5 Å². The highest BCUT2D eigenvalue weighted by Gasteiger charge is 2.47. The maximum Gasteiger partial charge on any atom is 0.264 e. The number of piperidine rings is 1. The van der Waals surface area contributed by atoms with E-state index in [1.54, 1.807) is 49.1 Å². The molecule has 8 nitrogen and oxygen atoms in total. The molecule has 0 aromatic heterocycles. The lowest BCUT2D eigenvalue weighted by Crippen LogP contribution is -2.55. The second-order valence-corrected chi connectivity index (χ2v) is 11.0. The Bertz CT molecular complexity index is 1160. The molecule has 0 spiro atoms. The normalized spacial score (nSPS) is 22.3. The van der Waals surface area contributed by atoms with Crippen LogP contribution in [0.15, 0.2) is 47.4 Å². The number of carbonyl (C=O) groups is 1. The molecule has 178 valence electrons. The van der Waals surface area contributed by atoms with Crippen molar-refractivity contribution >= 4 is 21.6 Å². The lowest BCUT2D eigenvalue weighted by atomic mass is 9.84. The summed E-state index contributed by atoms with van der Waals surface area (Å²) in [6.45, 7) is 4.04. The summed E-state index contributed by atoms with van der Waals surface area (Å²) >= 11 is 0. The Balaban J connectivity index is 1.80. The summed E-state index contributed by atoms with van der Waals surface area (Å²) in [5.41, 5.74) is -0.0475. The number of aliphatic hydroxyl groups is 1. The van der Waals surface area contributed by atoms with Gasteiger partial charge < -0.3 is 19.5 Å². The van der Waals surface area contributed by atoms with Crippen molar-refractivity contribution < 1.29 is 27.8 Å². The Morgan fingerprint density at radius 2 is 1.91 bits per heavy atom. The van der Waals surface area contributed by atoms with Crippen molar-refractivity contribution in [3.63, 3.8) is 0 Å². The molecule has 33 heavy (non-hydrogen) atoms. The molecule has 2 aromatic rings. The predicted molar refractivity (Wildman–Crippen MR) is 124 cm³/mol. The van der Waals surface area contributed by atoms with Crippen LogP contribution in [0.2, 0.25) is 0 Å². The van der Waals surface area contributed by atoms with Gasteiger partial charge in [-0.05, 0) is 57.0 Å². The average molecular weight is 475 g/mol. The van der Waals surface area contributed by atoms with Gasteiger partial charge in [0.1, 0.15) is 23.2 Å². The van der Waals surface area contributed by atoms with Crippen LogP contribution in [-0.4, -0.2) is 56.7 Å². The van der Waals surface area contributed by atoms with Gasteiger partial charge >= 0.3 is 0 Å². The molecule has 0 radical (unpaired) electrons. The van der Waals surface area contributed by atoms with Crippen molar-refractivity contribution in [2.24, 2.45) is 0 Å². The van der Waals surface area contributed by atoms with Crippen LogP contribution in [0.25, 0.3) is 0 Å². The number of carbonyl (C=O) groups excluding carboxylic acids is 1. The lowest BCUT2D eigenvalue weighted by molar-refractivity contribution is -0.147. The Hall–Kier alpha value is -2.78. The number of amides is 1. The van der Waals surface area contributed by atoms with Crippen molar-refractivity contribution in [1.29, 1.82) is 0 Å². The number of aliphatic hydroxyl groups excluding tert-OH is 1. The zero-order valence-corrected chi connectivity index (χ0v) is 20.1. The second kappa shape index (κ2) is 8.53. The molecule has 1 saturated heterocycles. The van der Waals surface area contributed by atoms with Crippen LogP contribution in [0.4, 0.5) is 5.69 Å². The summed E-state index contributed by atoms with van der Waals surface area (Å²) in [6.07, 6.45) is 1.04. The van der Waals surface area contributed by atoms with E-state index in [4.69, 9.17) is 9.47 Å². The van der Waals surface area contributed by atoms with Gasteiger partial charge in [-0.15, -0.1) is 0 Å². The van der Waals surface area contributed by atoms with E-state index < -0.39 is 27.8 Å². The smallest absolute Gasteiger partial charge is 0.264 e. The molecule has 2 aliphatic rings. The highest BCUT2D eigenvalue weighted by atomic mass is 32.2. The van der Waals surface area contributed by atoms with Crippen LogP contribution < -0.4 is 13.8 Å². The summed E-state index contributed by atoms with van der Waals surface area (Å²) in [7, 11) is -1.01. The van der Waals surface area contributed by atoms with Gasteiger partial charge in [0.25, 0.3) is 10.0 Å². The van der Waals surface area contributed by atoms with E-state index in [0.717, 1.165) is 12.8 Å². The first kappa shape index (κ1) is 23.4. The number of benzene rings is 2. The zero-order chi connectivity index (χ0) is 24.0. The van der Waals surface area contributed by atoms with Gasteiger partial charge in [0.2, 0.25) is 5.91 Å². The number of hydrogen-bond acceptors (Lipinski definition) is 6. The molecule has 1 N–H and O–H groups in total. The fraction of sp³-hybridized carbons (Fsp3) is 0.458. The van der Waals surface area contributed by atoms with E-state index in [2.05, 4.69) is 0 Å². The molecule has 9 heteroatoms. The highest BCUT2D eigenvalue weighted by Crippen LogP contribution is 2.45. The highest BCUT2D eigenvalue weighted by molar-refractivity contribution is 7.92. The van der Waals surface area contributed by atoms with Gasteiger partial charge in [0.05, 0.1) is 23.7 Å². The molecular weight excluding hydrogens is 444 g/mol. The van der Waals surface area contributed by atoms with Crippen molar-refractivity contribution in [3.05, 3.63) is 48.0 Å². The van der Waals surface area contributed by atoms with Gasteiger partial charge in [-0.3, -0.25) is 9.10 Å². The van der Waals surface area contributed by atoms with Crippen molar-refractivity contribution in [3.8, 4) is 11.5 Å². The number of fused-ring (bicyclic) bond motifs is 1. The summed E-state index contributed by atoms with van der Waals surface area (Å²) in [5, 5.41) is 11.2. The number of nitrogens with zero attached hydrogens (tertiary/aromatic N) is 2. The van der Waals surface area contributed by atoms with Crippen molar-refractivity contribution in [2.75, 3.05) is 25.0 Å². The van der Waals surface area contributed by atoms with E-state index in [-0.39, 0.29) is 10.8 Å². The fourth-order valence-corrected chi connectivity index (χ4v) is 5.78. The number of hydrogen-bond donors (Lipinski definition) is 1. The van der Waals surface area contributed by atoms with Crippen LogP contribution >= 0.6 is 0 Å². The molecule has 2 heterocycles. The molecule has 4 rings (SSSR count). The minimum absolute atomic E-state index is 0.0413. The molecule has 1 amide bonds. The van der Waals surface area contributed by atoms with Gasteiger partial charge in [-0.25, -0.2) is 8.42 Å². The van der Waals surface area contributed by atoms with E-state index in [1.807, 2.05) is 0 Å². The largest absolute Gasteiger partial charge is 0.495 e. The van der Waals surface area contributed by atoms with Crippen LogP contribution in [-0.2, 0) is 14.8 Å². The molecule has 2 unspecified atom stereocenters. The molecule has 0 saturated carbocycles. The molecule has 2 aliphatic heterocycles. The van der Waals surface area contributed by atoms with Crippen LogP contribution in [0.3, 0.4) is 0 Å². The van der Waals surface area contributed by atoms with Gasteiger partial charge in [-0.1, -0.05) is 12.1 Å². The number of likely N-dealkylation sites (tertiary alicyclic amines) is 1. The van der Waals surface area contributed by atoms with Crippen molar-refractivity contribution in [1.82, 2.24) is 4.90 Å². The number of anilines is 1. The van der Waals surface area contributed by atoms with Crippen LogP contribution in [0, 0.1) is 0 Å². The SMILES string of the molecule is COc1ccccc1N(C)S(=O)(=O)c1ccc2c(c1)C(N1CCCCC1=O)C(O)C(C)(C)O2. The third kappa shape index (κ3) is 4.04. The molecule has 1 fully saturated rings. The van der Waals surface area contributed by atoms with Gasteiger partial charge in [-0.2, -0.15) is 0 Å². The number of methoxy groups -OCH3 is 1. The Kier molecular flexibility index (Phi) is 6.05. The molecule has 2 atom stereocenters. The number of sulfonamides is 1. The maximum absolute atomic E-state index is 13.5. The summed E-state index contributed by atoms with van der Waals surface area (Å²) in [4.78, 5) is 14.4. The second-order valence-electron chi connectivity index (χ2n) is 8.98. The Morgan fingerprint density at radius 1 is 1.18 bits per heavy atom. The average Bonchev–Trinajstić information content (AvgIpc) is 2.79. The van der Waals surface area contributed by atoms with Crippen LogP contribution in [0.1, 0.15) is 44.7 Å². The summed E-state index contributed by atoms with van der Waals surface area (Å²) in [5.74, 6) is 0.847. The minimum atomic E-state index is -3.96. The number of rotatable bonds is 5. The maximum atomic E-state index is 13.5. The molecule has 0 aliphatic carbocycles. The topological polar surface area (TPSA) is 96.4 Å². The van der Waals surface area contributed by atoms with Gasteiger partial charge in [0, 0.05) is 25.6 Å². The third-order valence-corrected chi connectivity index (χ3v) is 8.23. The zero-order valence-electron chi connectivity index (χ0n) is 19.3.